The summed E-state index contributed by atoms with van der Waals surface area (Å²) < 4.78 is 4.69. The molecular formula is C29H17N3. The summed E-state index contributed by atoms with van der Waals surface area (Å²) in [6, 6.07) is 32.6. The van der Waals surface area contributed by atoms with Crippen molar-refractivity contribution in [3.63, 3.8) is 0 Å². The highest BCUT2D eigenvalue weighted by molar-refractivity contribution is 6.33. The molecule has 32 heavy (non-hydrogen) atoms. The van der Waals surface area contributed by atoms with Gasteiger partial charge in [0.25, 0.3) is 0 Å². The number of benzene rings is 4. The van der Waals surface area contributed by atoms with E-state index in [1.807, 2.05) is 6.20 Å². The van der Waals surface area contributed by atoms with E-state index in [1.165, 1.54) is 59.9 Å². The summed E-state index contributed by atoms with van der Waals surface area (Å²) in [5, 5.41) is 8.75. The maximum absolute atomic E-state index is 4.92. The van der Waals surface area contributed by atoms with Crippen molar-refractivity contribution in [1.82, 2.24) is 14.0 Å². The summed E-state index contributed by atoms with van der Waals surface area (Å²) in [7, 11) is 0. The Morgan fingerprint density at radius 2 is 1.38 bits per heavy atom. The summed E-state index contributed by atoms with van der Waals surface area (Å²) in [5.74, 6) is 0. The van der Waals surface area contributed by atoms with Gasteiger partial charge >= 0.3 is 0 Å². The fourth-order valence-electron chi connectivity index (χ4n) is 5.59. The van der Waals surface area contributed by atoms with Crippen molar-refractivity contribution < 1.29 is 0 Å². The van der Waals surface area contributed by atoms with Crippen LogP contribution < -0.4 is 0 Å². The van der Waals surface area contributed by atoms with Crippen LogP contribution in [0, 0.1) is 0 Å². The van der Waals surface area contributed by atoms with E-state index < -0.39 is 0 Å². The van der Waals surface area contributed by atoms with E-state index in [0.717, 1.165) is 5.65 Å². The molecular weight excluding hydrogens is 390 g/mol. The Morgan fingerprint density at radius 1 is 0.594 bits per heavy atom. The summed E-state index contributed by atoms with van der Waals surface area (Å²) in [6.07, 6.45) is 4.16. The van der Waals surface area contributed by atoms with Crippen LogP contribution in [0.2, 0.25) is 0 Å². The van der Waals surface area contributed by atoms with Crippen LogP contribution in [0.5, 0.6) is 0 Å². The molecule has 0 atom stereocenters. The average Bonchev–Trinajstić information content (AvgIpc) is 3.52. The highest BCUT2D eigenvalue weighted by atomic mass is 15.0. The molecule has 3 nitrogen and oxygen atoms in total. The Hall–Kier alpha value is -4.37. The molecule has 4 aromatic heterocycles. The van der Waals surface area contributed by atoms with E-state index in [4.69, 9.17) is 4.98 Å². The number of hydrogen-bond donors (Lipinski definition) is 0. The highest BCUT2D eigenvalue weighted by Gasteiger charge is 2.23. The normalized spacial score (nSPS) is 12.4. The lowest BCUT2D eigenvalue weighted by atomic mass is 10.0. The second kappa shape index (κ2) is 5.65. The number of nitrogens with zero attached hydrogens (tertiary/aromatic N) is 3. The van der Waals surface area contributed by atoms with Crippen molar-refractivity contribution in [3.8, 4) is 5.69 Å². The van der Waals surface area contributed by atoms with Gasteiger partial charge < -0.3 is 4.57 Å². The van der Waals surface area contributed by atoms with Crippen LogP contribution in [0.1, 0.15) is 0 Å². The molecule has 0 saturated carbocycles. The molecule has 4 aromatic carbocycles. The minimum atomic E-state index is 1.02. The lowest BCUT2D eigenvalue weighted by Gasteiger charge is -2.09. The zero-order valence-electron chi connectivity index (χ0n) is 17.2. The van der Waals surface area contributed by atoms with Gasteiger partial charge in [-0.2, -0.15) is 0 Å². The Bertz CT molecular complexity index is 1970. The number of para-hydroxylation sites is 2. The van der Waals surface area contributed by atoms with Crippen molar-refractivity contribution in [1.29, 1.82) is 0 Å². The van der Waals surface area contributed by atoms with Crippen LogP contribution in [0.15, 0.2) is 103 Å². The topological polar surface area (TPSA) is 22.2 Å². The fourth-order valence-corrected chi connectivity index (χ4v) is 5.59. The first-order valence-corrected chi connectivity index (χ1v) is 10.9. The maximum atomic E-state index is 4.92. The zero-order chi connectivity index (χ0) is 20.8. The van der Waals surface area contributed by atoms with E-state index >= 15 is 0 Å². The van der Waals surface area contributed by atoms with Gasteiger partial charge in [0.2, 0.25) is 0 Å². The Labute approximate surface area is 183 Å². The molecule has 0 spiro atoms. The van der Waals surface area contributed by atoms with Crippen molar-refractivity contribution in [3.05, 3.63) is 103 Å². The Balaban J connectivity index is 1.78. The molecule has 8 aromatic rings. The number of aromatic nitrogens is 3. The fraction of sp³-hybridized carbons (Fsp3) is 0. The first-order valence-electron chi connectivity index (χ1n) is 10.9. The van der Waals surface area contributed by atoms with Crippen molar-refractivity contribution in [2.24, 2.45) is 0 Å². The van der Waals surface area contributed by atoms with E-state index in [0.29, 0.717) is 0 Å². The lowest BCUT2D eigenvalue weighted by Crippen LogP contribution is -1.93. The molecule has 0 aliphatic heterocycles. The molecule has 0 bridgehead atoms. The number of rotatable bonds is 1. The van der Waals surface area contributed by atoms with E-state index in [2.05, 4.69) is 106 Å². The van der Waals surface area contributed by atoms with Gasteiger partial charge in [-0.1, -0.05) is 60.7 Å². The highest BCUT2D eigenvalue weighted by Crippen LogP contribution is 2.44. The predicted molar refractivity (Wildman–Crippen MR) is 133 cm³/mol. The van der Waals surface area contributed by atoms with Gasteiger partial charge in [-0.25, -0.2) is 4.98 Å². The Morgan fingerprint density at radius 3 is 2.28 bits per heavy atom. The van der Waals surface area contributed by atoms with Crippen LogP contribution in [-0.4, -0.2) is 14.0 Å². The van der Waals surface area contributed by atoms with E-state index in [9.17, 15) is 0 Å². The smallest absolute Gasteiger partial charge is 0.145 e. The molecule has 3 heteroatoms. The van der Waals surface area contributed by atoms with Crippen molar-refractivity contribution in [2.45, 2.75) is 0 Å². The van der Waals surface area contributed by atoms with E-state index in [-0.39, 0.29) is 0 Å². The summed E-state index contributed by atoms with van der Waals surface area (Å²) in [5.41, 5.74) is 5.92. The van der Waals surface area contributed by atoms with Crippen LogP contribution in [-0.2, 0) is 0 Å². The van der Waals surface area contributed by atoms with Gasteiger partial charge in [-0.15, -0.1) is 0 Å². The lowest BCUT2D eigenvalue weighted by molar-refractivity contribution is 1.19. The quantitative estimate of drug-likeness (QED) is 0.279. The number of pyridine rings is 1. The first kappa shape index (κ1) is 16.3. The second-order valence-corrected chi connectivity index (χ2v) is 8.50. The minimum Gasteiger partial charge on any atom is -0.309 e. The van der Waals surface area contributed by atoms with Crippen molar-refractivity contribution in [2.75, 3.05) is 0 Å². The molecule has 0 N–H and O–H groups in total. The summed E-state index contributed by atoms with van der Waals surface area (Å²) in [6.45, 7) is 0. The van der Waals surface area contributed by atoms with Gasteiger partial charge in [0.05, 0.1) is 16.6 Å². The third-order valence-corrected chi connectivity index (χ3v) is 6.88. The third kappa shape index (κ3) is 1.85. The summed E-state index contributed by atoms with van der Waals surface area (Å²) in [4.78, 5) is 4.92. The molecule has 0 fully saturated rings. The molecule has 4 heterocycles. The maximum Gasteiger partial charge on any atom is 0.145 e. The van der Waals surface area contributed by atoms with Crippen LogP contribution >= 0.6 is 0 Å². The van der Waals surface area contributed by atoms with E-state index in [1.54, 1.807) is 0 Å². The van der Waals surface area contributed by atoms with Crippen LogP contribution in [0.4, 0.5) is 0 Å². The average molecular weight is 407 g/mol. The molecule has 0 aliphatic carbocycles. The molecule has 0 saturated heterocycles. The second-order valence-electron chi connectivity index (χ2n) is 8.50. The summed E-state index contributed by atoms with van der Waals surface area (Å²) >= 11 is 0. The molecule has 8 rings (SSSR count). The Kier molecular flexibility index (Phi) is 2.89. The molecule has 0 unspecified atom stereocenters. The number of hydrogen-bond acceptors (Lipinski definition) is 1. The SMILES string of the molecule is c1ccc(-n2c3ccccc3c3cc4ccn5c6ncc7ccccc7c6c(c32)c45)cc1. The standard InChI is InChI=1S/C29H17N3/c1-2-9-20(10-3-1)32-24-13-7-6-12-22(24)23-16-18-14-15-31-27(18)26(28(23)32)25-21-11-5-4-8-19(21)17-30-29(25)31/h1-17H. The van der Waals surface area contributed by atoms with Gasteiger partial charge in [0.15, 0.2) is 0 Å². The predicted octanol–water partition coefficient (Wildman–Crippen LogP) is 7.33. The third-order valence-electron chi connectivity index (χ3n) is 6.88. The molecule has 148 valence electrons. The largest absolute Gasteiger partial charge is 0.309 e. The van der Waals surface area contributed by atoms with Gasteiger partial charge in [0.1, 0.15) is 5.65 Å². The van der Waals surface area contributed by atoms with Gasteiger partial charge in [-0.05, 0) is 35.7 Å². The minimum absolute atomic E-state index is 1.02. The zero-order valence-corrected chi connectivity index (χ0v) is 17.2. The monoisotopic (exact) mass is 407 g/mol. The molecule has 0 amide bonds. The van der Waals surface area contributed by atoms with Crippen molar-refractivity contribution >= 4 is 59.9 Å². The first-order chi connectivity index (χ1) is 15.9. The van der Waals surface area contributed by atoms with Gasteiger partial charge in [0, 0.05) is 50.4 Å². The van der Waals surface area contributed by atoms with Crippen LogP contribution in [0.25, 0.3) is 65.6 Å². The molecule has 0 radical (unpaired) electrons. The van der Waals surface area contributed by atoms with Gasteiger partial charge in [-0.3, -0.25) is 4.40 Å². The number of fused-ring (bicyclic) bond motifs is 9. The molecule has 0 aliphatic rings. The van der Waals surface area contributed by atoms with Crippen LogP contribution in [0.3, 0.4) is 0 Å².